The fourth-order valence-corrected chi connectivity index (χ4v) is 2.35. The molecular weight excluding hydrogens is 250 g/mol. The van der Waals surface area contributed by atoms with Crippen LogP contribution in [0.15, 0.2) is 24.3 Å². The van der Waals surface area contributed by atoms with Crippen molar-refractivity contribution in [3.05, 3.63) is 29.8 Å². The topological polar surface area (TPSA) is 98.1 Å². The van der Waals surface area contributed by atoms with Crippen LogP contribution in [-0.2, 0) is 4.79 Å². The minimum atomic E-state index is -1.05. The van der Waals surface area contributed by atoms with E-state index in [-0.39, 0.29) is 31.1 Å². The first-order valence-electron chi connectivity index (χ1n) is 5.92. The molecule has 1 amide bonds. The molecule has 1 aromatic rings. The van der Waals surface area contributed by atoms with Gasteiger partial charge in [-0.25, -0.2) is 4.79 Å². The molecule has 19 heavy (non-hydrogen) atoms. The lowest BCUT2D eigenvalue weighted by Gasteiger charge is -2.35. The van der Waals surface area contributed by atoms with Crippen molar-refractivity contribution in [1.29, 1.82) is 0 Å². The van der Waals surface area contributed by atoms with Gasteiger partial charge in [-0.15, -0.1) is 0 Å². The number of amides is 1. The first-order valence-corrected chi connectivity index (χ1v) is 5.92. The molecule has 3 N–H and O–H groups in total. The van der Waals surface area contributed by atoms with Gasteiger partial charge in [0.05, 0.1) is 24.3 Å². The molecule has 2 rings (SSSR count). The van der Waals surface area contributed by atoms with Crippen molar-refractivity contribution in [3.63, 3.8) is 0 Å². The van der Waals surface area contributed by atoms with E-state index in [0.29, 0.717) is 12.1 Å². The van der Waals surface area contributed by atoms with Crippen molar-refractivity contribution in [2.24, 2.45) is 0 Å². The average molecular weight is 265 g/mol. The van der Waals surface area contributed by atoms with Crippen molar-refractivity contribution >= 4 is 17.6 Å². The van der Waals surface area contributed by atoms with Crippen LogP contribution < -0.4 is 4.90 Å². The van der Waals surface area contributed by atoms with Crippen LogP contribution in [0.25, 0.3) is 0 Å². The summed E-state index contributed by atoms with van der Waals surface area (Å²) in [6.45, 7) is -0.675. The zero-order valence-corrected chi connectivity index (χ0v) is 10.2. The van der Waals surface area contributed by atoms with Crippen LogP contribution in [0.4, 0.5) is 5.69 Å². The van der Waals surface area contributed by atoms with Gasteiger partial charge in [0.25, 0.3) is 0 Å². The Bertz CT molecular complexity index is 492. The SMILES string of the molecule is O=C(O)c1ccc(N2C(=O)CCC2(CO)CO)cc1. The number of carboxylic acid groups (broad SMARTS) is 1. The fraction of sp³-hybridized carbons (Fsp3) is 0.385. The summed E-state index contributed by atoms with van der Waals surface area (Å²) in [4.78, 5) is 24.1. The Morgan fingerprint density at radius 2 is 1.79 bits per heavy atom. The number of nitrogens with zero attached hydrogens (tertiary/aromatic N) is 1. The molecule has 0 aromatic heterocycles. The monoisotopic (exact) mass is 265 g/mol. The van der Waals surface area contributed by atoms with Crippen molar-refractivity contribution < 1.29 is 24.9 Å². The molecule has 1 heterocycles. The van der Waals surface area contributed by atoms with Crippen LogP contribution in [-0.4, -0.2) is 45.9 Å². The summed E-state index contributed by atoms with van der Waals surface area (Å²) in [5, 5.41) is 27.7. The number of benzene rings is 1. The van der Waals surface area contributed by atoms with E-state index in [9.17, 15) is 19.8 Å². The molecule has 1 aromatic carbocycles. The first kappa shape index (κ1) is 13.5. The Kier molecular flexibility index (Phi) is 3.55. The Labute approximate surface area is 109 Å². The highest BCUT2D eigenvalue weighted by atomic mass is 16.4. The first-order chi connectivity index (χ1) is 9.04. The molecule has 102 valence electrons. The van der Waals surface area contributed by atoms with Gasteiger partial charge < -0.3 is 20.2 Å². The summed E-state index contributed by atoms with van der Waals surface area (Å²) in [7, 11) is 0. The maximum absolute atomic E-state index is 11.9. The number of aliphatic hydroxyl groups excluding tert-OH is 2. The van der Waals surface area contributed by atoms with Crippen LogP contribution >= 0.6 is 0 Å². The van der Waals surface area contributed by atoms with Gasteiger partial charge in [0.15, 0.2) is 0 Å². The normalized spacial score (nSPS) is 17.8. The van der Waals surface area contributed by atoms with Gasteiger partial charge in [0, 0.05) is 12.1 Å². The van der Waals surface area contributed by atoms with Crippen LogP contribution in [0, 0.1) is 0 Å². The molecule has 0 unspecified atom stereocenters. The van der Waals surface area contributed by atoms with Crippen molar-refractivity contribution in [3.8, 4) is 0 Å². The number of aromatic carboxylic acids is 1. The second-order valence-corrected chi connectivity index (χ2v) is 4.62. The molecular formula is C13H15NO5. The van der Waals surface area contributed by atoms with Crippen molar-refractivity contribution in [1.82, 2.24) is 0 Å². The zero-order valence-electron chi connectivity index (χ0n) is 10.2. The summed E-state index contributed by atoms with van der Waals surface area (Å²) >= 11 is 0. The fourth-order valence-electron chi connectivity index (χ4n) is 2.35. The van der Waals surface area contributed by atoms with Gasteiger partial charge in [0.1, 0.15) is 0 Å². The number of carboxylic acids is 1. The molecule has 6 heteroatoms. The molecule has 1 saturated heterocycles. The summed E-state index contributed by atoms with van der Waals surface area (Å²) in [5.41, 5.74) is -0.397. The third-order valence-electron chi connectivity index (χ3n) is 3.49. The number of rotatable bonds is 4. The number of aliphatic hydroxyl groups is 2. The zero-order chi connectivity index (χ0) is 14.0. The third-order valence-corrected chi connectivity index (χ3v) is 3.49. The highest BCUT2D eigenvalue weighted by molar-refractivity contribution is 5.98. The maximum Gasteiger partial charge on any atom is 0.335 e. The smallest absolute Gasteiger partial charge is 0.335 e. The molecule has 1 fully saturated rings. The minimum Gasteiger partial charge on any atom is -0.478 e. The predicted octanol–water partition coefficient (Wildman–Crippen LogP) is 0.235. The quantitative estimate of drug-likeness (QED) is 0.724. The molecule has 0 radical (unpaired) electrons. The standard InChI is InChI=1S/C13H15NO5/c15-7-13(8-16)6-5-11(17)14(13)10-3-1-9(2-4-10)12(18)19/h1-4,15-16H,5-8H2,(H,18,19). The number of carbonyl (C=O) groups is 2. The highest BCUT2D eigenvalue weighted by Gasteiger charge is 2.45. The lowest BCUT2D eigenvalue weighted by atomic mass is 9.98. The van der Waals surface area contributed by atoms with Gasteiger partial charge in [-0.2, -0.15) is 0 Å². The number of carbonyl (C=O) groups excluding carboxylic acids is 1. The second kappa shape index (κ2) is 4.99. The van der Waals surface area contributed by atoms with E-state index < -0.39 is 11.5 Å². The lowest BCUT2D eigenvalue weighted by Crippen LogP contribution is -2.51. The summed E-state index contributed by atoms with van der Waals surface area (Å²) < 4.78 is 0. The van der Waals surface area contributed by atoms with E-state index in [4.69, 9.17) is 5.11 Å². The molecule has 0 aliphatic carbocycles. The summed E-state index contributed by atoms with van der Waals surface area (Å²) in [6.07, 6.45) is 0.626. The third kappa shape index (κ3) is 2.20. The van der Waals surface area contributed by atoms with Crippen LogP contribution in [0.5, 0.6) is 0 Å². The van der Waals surface area contributed by atoms with Crippen molar-refractivity contribution in [2.75, 3.05) is 18.1 Å². The van der Waals surface area contributed by atoms with E-state index in [0.717, 1.165) is 0 Å². The summed E-state index contributed by atoms with van der Waals surface area (Å²) in [5.74, 6) is -1.24. The van der Waals surface area contributed by atoms with E-state index in [2.05, 4.69) is 0 Å². The van der Waals surface area contributed by atoms with E-state index >= 15 is 0 Å². The Morgan fingerprint density at radius 3 is 2.26 bits per heavy atom. The summed E-state index contributed by atoms with van der Waals surface area (Å²) in [6, 6.07) is 5.80. The van der Waals surface area contributed by atoms with E-state index in [1.165, 1.54) is 29.2 Å². The molecule has 1 aliphatic heterocycles. The molecule has 0 spiro atoms. The Morgan fingerprint density at radius 1 is 1.21 bits per heavy atom. The Hall–Kier alpha value is -1.92. The van der Waals surface area contributed by atoms with Gasteiger partial charge >= 0.3 is 5.97 Å². The van der Waals surface area contributed by atoms with Crippen molar-refractivity contribution in [2.45, 2.75) is 18.4 Å². The van der Waals surface area contributed by atoms with Crippen LogP contribution in [0.1, 0.15) is 23.2 Å². The van der Waals surface area contributed by atoms with E-state index in [1.54, 1.807) is 0 Å². The van der Waals surface area contributed by atoms with Crippen LogP contribution in [0.2, 0.25) is 0 Å². The average Bonchev–Trinajstić information content (AvgIpc) is 2.76. The van der Waals surface area contributed by atoms with Gasteiger partial charge in [-0.3, -0.25) is 4.79 Å². The Balaban J connectivity index is 2.38. The van der Waals surface area contributed by atoms with Crippen LogP contribution in [0.3, 0.4) is 0 Å². The second-order valence-electron chi connectivity index (χ2n) is 4.62. The molecule has 0 saturated carbocycles. The largest absolute Gasteiger partial charge is 0.478 e. The molecule has 6 nitrogen and oxygen atoms in total. The van der Waals surface area contributed by atoms with Gasteiger partial charge in [0.2, 0.25) is 5.91 Å². The molecule has 1 aliphatic rings. The number of hydrogen-bond acceptors (Lipinski definition) is 4. The predicted molar refractivity (Wildman–Crippen MR) is 67.0 cm³/mol. The maximum atomic E-state index is 11.9. The molecule has 0 bridgehead atoms. The number of anilines is 1. The highest BCUT2D eigenvalue weighted by Crippen LogP contribution is 2.34. The van der Waals surface area contributed by atoms with Gasteiger partial charge in [-0.05, 0) is 30.7 Å². The lowest BCUT2D eigenvalue weighted by molar-refractivity contribution is -0.117. The minimum absolute atomic E-state index is 0.119. The number of hydrogen-bond donors (Lipinski definition) is 3. The van der Waals surface area contributed by atoms with Gasteiger partial charge in [-0.1, -0.05) is 0 Å². The van der Waals surface area contributed by atoms with E-state index in [1.807, 2.05) is 0 Å². The molecule has 0 atom stereocenters.